The van der Waals surface area contributed by atoms with E-state index in [0.717, 1.165) is 0 Å². The third-order valence-electron chi connectivity index (χ3n) is 2.25. The smallest absolute Gasteiger partial charge is 0.314 e. The number of ether oxygens (including phenoxy) is 2. The molecule has 0 bridgehead atoms. The fourth-order valence-electron chi connectivity index (χ4n) is 1.09. The van der Waals surface area contributed by atoms with Gasteiger partial charge in [-0.05, 0) is 19.8 Å². The Labute approximate surface area is 101 Å². The second-order valence-electron chi connectivity index (χ2n) is 4.13. The first kappa shape index (κ1) is 16.3. The van der Waals surface area contributed by atoms with Crippen molar-refractivity contribution < 1.29 is 29.6 Å². The van der Waals surface area contributed by atoms with Crippen molar-refractivity contribution in [3.05, 3.63) is 0 Å². The summed E-state index contributed by atoms with van der Waals surface area (Å²) in [5, 5.41) is 26.2. The number of aliphatic carboxylic acids is 1. The molecule has 3 N–H and O–H groups in total. The Morgan fingerprint density at radius 2 is 1.47 bits per heavy atom. The molecule has 0 spiro atoms. The van der Waals surface area contributed by atoms with E-state index in [1.54, 1.807) is 6.92 Å². The van der Waals surface area contributed by atoms with Crippen LogP contribution < -0.4 is 0 Å². The number of carboxylic acids is 1. The minimum absolute atomic E-state index is 0.0246. The van der Waals surface area contributed by atoms with Crippen LogP contribution in [-0.4, -0.2) is 60.9 Å². The average Bonchev–Trinajstić information content (AvgIpc) is 2.30. The highest BCUT2D eigenvalue weighted by atomic mass is 16.5. The quantitative estimate of drug-likeness (QED) is 0.442. The van der Waals surface area contributed by atoms with Crippen LogP contribution in [0.25, 0.3) is 0 Å². The topological polar surface area (TPSA) is 96.2 Å². The largest absolute Gasteiger partial charge is 0.481 e. The second kappa shape index (κ2) is 9.35. The summed E-state index contributed by atoms with van der Waals surface area (Å²) in [5.74, 6) is -0.981. The van der Waals surface area contributed by atoms with Crippen LogP contribution in [-0.2, 0) is 14.3 Å². The van der Waals surface area contributed by atoms with E-state index in [9.17, 15) is 4.79 Å². The van der Waals surface area contributed by atoms with E-state index in [1.165, 1.54) is 0 Å². The molecule has 0 fully saturated rings. The van der Waals surface area contributed by atoms with Crippen LogP contribution in [0.2, 0.25) is 0 Å². The summed E-state index contributed by atoms with van der Waals surface area (Å²) in [6.07, 6.45) is 0.974. The van der Waals surface area contributed by atoms with Gasteiger partial charge in [0.15, 0.2) is 0 Å². The number of aliphatic hydroxyl groups is 2. The lowest BCUT2D eigenvalue weighted by atomic mass is 9.93. The Morgan fingerprint density at radius 1 is 1.06 bits per heavy atom. The summed E-state index contributed by atoms with van der Waals surface area (Å²) in [7, 11) is 0. The van der Waals surface area contributed by atoms with Gasteiger partial charge in [-0.15, -0.1) is 0 Å². The highest BCUT2D eigenvalue weighted by Gasteiger charge is 2.33. The Morgan fingerprint density at radius 3 is 1.76 bits per heavy atom. The highest BCUT2D eigenvalue weighted by Crippen LogP contribution is 2.18. The lowest BCUT2D eigenvalue weighted by Gasteiger charge is -2.24. The number of hydrogen-bond donors (Lipinski definition) is 3. The molecular weight excluding hydrogens is 228 g/mol. The van der Waals surface area contributed by atoms with E-state index in [0.29, 0.717) is 26.1 Å². The van der Waals surface area contributed by atoms with E-state index in [4.69, 9.17) is 24.8 Å². The van der Waals surface area contributed by atoms with E-state index >= 15 is 0 Å². The summed E-state index contributed by atoms with van der Waals surface area (Å²) in [6.45, 7) is 2.34. The molecule has 0 aromatic heterocycles. The van der Waals surface area contributed by atoms with Gasteiger partial charge in [0.25, 0.3) is 0 Å². The molecular formula is C11H22O6. The van der Waals surface area contributed by atoms with Crippen molar-refractivity contribution in [2.24, 2.45) is 5.41 Å². The Hall–Kier alpha value is -0.690. The fraction of sp³-hybridized carbons (Fsp3) is 0.909. The molecule has 0 amide bonds. The van der Waals surface area contributed by atoms with Crippen molar-refractivity contribution in [2.45, 2.75) is 19.8 Å². The zero-order chi connectivity index (χ0) is 13.1. The van der Waals surface area contributed by atoms with Crippen LogP contribution in [0.1, 0.15) is 19.8 Å². The third-order valence-corrected chi connectivity index (χ3v) is 2.25. The SMILES string of the molecule is CC(COCCCO)(COCCCO)C(=O)O. The molecule has 0 aliphatic carbocycles. The van der Waals surface area contributed by atoms with Crippen LogP contribution >= 0.6 is 0 Å². The van der Waals surface area contributed by atoms with Gasteiger partial charge >= 0.3 is 5.97 Å². The van der Waals surface area contributed by atoms with Gasteiger partial charge < -0.3 is 24.8 Å². The summed E-state index contributed by atoms with van der Waals surface area (Å²) < 4.78 is 10.4. The monoisotopic (exact) mass is 250 g/mol. The molecule has 0 aromatic carbocycles. The van der Waals surface area contributed by atoms with E-state index < -0.39 is 11.4 Å². The molecule has 6 nitrogen and oxygen atoms in total. The first-order valence-corrected chi connectivity index (χ1v) is 5.67. The minimum Gasteiger partial charge on any atom is -0.481 e. The Bertz CT molecular complexity index is 194. The molecule has 0 atom stereocenters. The lowest BCUT2D eigenvalue weighted by Crippen LogP contribution is -2.37. The van der Waals surface area contributed by atoms with E-state index in [2.05, 4.69) is 0 Å². The Kier molecular flexibility index (Phi) is 8.97. The first-order chi connectivity index (χ1) is 8.06. The summed E-state index contributed by atoms with van der Waals surface area (Å²) in [6, 6.07) is 0. The molecule has 0 unspecified atom stereocenters. The molecule has 0 saturated heterocycles. The van der Waals surface area contributed by atoms with Gasteiger partial charge in [0.05, 0.1) is 13.2 Å². The summed E-state index contributed by atoms with van der Waals surface area (Å²) >= 11 is 0. The van der Waals surface area contributed by atoms with Gasteiger partial charge in [0.1, 0.15) is 5.41 Å². The minimum atomic E-state index is -1.09. The molecule has 6 heteroatoms. The van der Waals surface area contributed by atoms with Gasteiger partial charge in [0, 0.05) is 26.4 Å². The highest BCUT2D eigenvalue weighted by molar-refractivity contribution is 5.74. The maximum atomic E-state index is 11.1. The van der Waals surface area contributed by atoms with E-state index in [-0.39, 0.29) is 26.4 Å². The number of rotatable bonds is 11. The van der Waals surface area contributed by atoms with E-state index in [1.807, 2.05) is 0 Å². The van der Waals surface area contributed by atoms with Crippen LogP contribution in [0.5, 0.6) is 0 Å². The maximum Gasteiger partial charge on any atom is 0.314 e. The predicted octanol–water partition coefficient (Wildman–Crippen LogP) is -0.125. The van der Waals surface area contributed by atoms with Crippen molar-refractivity contribution in [1.29, 1.82) is 0 Å². The molecule has 0 radical (unpaired) electrons. The van der Waals surface area contributed by atoms with Crippen molar-refractivity contribution >= 4 is 5.97 Å². The number of aliphatic hydroxyl groups excluding tert-OH is 2. The summed E-state index contributed by atoms with van der Waals surface area (Å²) in [4.78, 5) is 11.1. The van der Waals surface area contributed by atoms with Gasteiger partial charge in [0.2, 0.25) is 0 Å². The van der Waals surface area contributed by atoms with Crippen molar-refractivity contribution in [3.8, 4) is 0 Å². The van der Waals surface area contributed by atoms with Gasteiger partial charge in [-0.25, -0.2) is 0 Å². The molecule has 0 saturated carbocycles. The van der Waals surface area contributed by atoms with Crippen LogP contribution in [0, 0.1) is 5.41 Å². The summed E-state index contributed by atoms with van der Waals surface area (Å²) in [5.41, 5.74) is -1.09. The van der Waals surface area contributed by atoms with Crippen LogP contribution in [0.3, 0.4) is 0 Å². The van der Waals surface area contributed by atoms with Crippen molar-refractivity contribution in [1.82, 2.24) is 0 Å². The number of hydrogen-bond acceptors (Lipinski definition) is 5. The van der Waals surface area contributed by atoms with Crippen LogP contribution in [0.15, 0.2) is 0 Å². The molecule has 0 aromatic rings. The molecule has 0 rings (SSSR count). The van der Waals surface area contributed by atoms with Crippen molar-refractivity contribution in [2.75, 3.05) is 39.6 Å². The molecule has 17 heavy (non-hydrogen) atoms. The lowest BCUT2D eigenvalue weighted by molar-refractivity contribution is -0.156. The average molecular weight is 250 g/mol. The third kappa shape index (κ3) is 7.27. The van der Waals surface area contributed by atoms with Gasteiger partial charge in [-0.2, -0.15) is 0 Å². The number of carboxylic acid groups (broad SMARTS) is 1. The molecule has 102 valence electrons. The first-order valence-electron chi connectivity index (χ1n) is 5.67. The zero-order valence-corrected chi connectivity index (χ0v) is 10.2. The zero-order valence-electron chi connectivity index (χ0n) is 10.2. The second-order valence-corrected chi connectivity index (χ2v) is 4.13. The maximum absolute atomic E-state index is 11.1. The molecule has 0 aliphatic heterocycles. The number of carbonyl (C=O) groups is 1. The predicted molar refractivity (Wildman–Crippen MR) is 60.8 cm³/mol. The van der Waals surface area contributed by atoms with Crippen LogP contribution in [0.4, 0.5) is 0 Å². The van der Waals surface area contributed by atoms with Gasteiger partial charge in [-0.1, -0.05) is 0 Å². The van der Waals surface area contributed by atoms with Crippen molar-refractivity contribution in [3.63, 3.8) is 0 Å². The van der Waals surface area contributed by atoms with Gasteiger partial charge in [-0.3, -0.25) is 4.79 Å². The Balaban J connectivity index is 3.94. The fourth-order valence-corrected chi connectivity index (χ4v) is 1.09. The molecule has 0 aliphatic rings. The standard InChI is InChI=1S/C11H22O6/c1-11(10(14)15,8-16-6-2-4-12)9-17-7-3-5-13/h12-13H,2-9H2,1H3,(H,14,15). The molecule has 0 heterocycles. The normalized spacial score (nSPS) is 11.7.